The summed E-state index contributed by atoms with van der Waals surface area (Å²) in [6.45, 7) is 3.71. The van der Waals surface area contributed by atoms with Crippen molar-refractivity contribution in [1.29, 1.82) is 0 Å². The Bertz CT molecular complexity index is 625. The van der Waals surface area contributed by atoms with E-state index in [1.54, 1.807) is 0 Å². The van der Waals surface area contributed by atoms with Gasteiger partial charge in [-0.1, -0.05) is 20.3 Å². The van der Waals surface area contributed by atoms with E-state index >= 15 is 0 Å². The first-order valence-electron chi connectivity index (χ1n) is 9.22. The molecule has 1 rings (SSSR count). The van der Waals surface area contributed by atoms with Crippen molar-refractivity contribution in [1.82, 2.24) is 15.5 Å². The van der Waals surface area contributed by atoms with Gasteiger partial charge in [-0.2, -0.15) is 0 Å². The average molecular weight is 399 g/mol. The maximum absolute atomic E-state index is 12.6. The Kier molecular flexibility index (Phi) is 8.83. The van der Waals surface area contributed by atoms with E-state index in [0.29, 0.717) is 19.4 Å². The summed E-state index contributed by atoms with van der Waals surface area (Å²) in [5, 5.41) is 13.5. The zero-order valence-corrected chi connectivity index (χ0v) is 16.1. The van der Waals surface area contributed by atoms with E-state index < -0.39 is 54.8 Å². The summed E-state index contributed by atoms with van der Waals surface area (Å²) in [6, 6.07) is -2.90. The van der Waals surface area contributed by atoms with Crippen LogP contribution in [0.4, 0.5) is 0 Å². The lowest BCUT2D eigenvalue weighted by molar-refractivity contribution is -0.143. The molecule has 7 N–H and O–H groups in total. The molecule has 4 amide bonds. The highest BCUT2D eigenvalue weighted by molar-refractivity contribution is 5.93. The lowest BCUT2D eigenvalue weighted by Gasteiger charge is -2.28. The monoisotopic (exact) mass is 399 g/mol. The first-order chi connectivity index (χ1) is 13.1. The van der Waals surface area contributed by atoms with Gasteiger partial charge in [0, 0.05) is 6.54 Å². The van der Waals surface area contributed by atoms with Gasteiger partial charge in [-0.3, -0.25) is 19.2 Å². The number of carboxylic acids is 1. The summed E-state index contributed by atoms with van der Waals surface area (Å²) >= 11 is 0. The quantitative estimate of drug-likeness (QED) is 0.279. The number of carboxylic acid groups (broad SMARTS) is 1. The van der Waals surface area contributed by atoms with E-state index in [4.69, 9.17) is 16.6 Å². The van der Waals surface area contributed by atoms with Crippen LogP contribution in [0.15, 0.2) is 0 Å². The van der Waals surface area contributed by atoms with Crippen LogP contribution in [0.25, 0.3) is 0 Å². The number of primary amides is 1. The summed E-state index contributed by atoms with van der Waals surface area (Å²) < 4.78 is 0. The highest BCUT2D eigenvalue weighted by atomic mass is 16.4. The largest absolute Gasteiger partial charge is 0.480 e. The van der Waals surface area contributed by atoms with Crippen molar-refractivity contribution in [2.24, 2.45) is 17.4 Å². The molecule has 4 unspecified atom stereocenters. The predicted molar refractivity (Wildman–Crippen MR) is 98.6 cm³/mol. The van der Waals surface area contributed by atoms with Crippen molar-refractivity contribution in [2.75, 3.05) is 13.1 Å². The van der Waals surface area contributed by atoms with Gasteiger partial charge in [0.05, 0.1) is 19.0 Å². The van der Waals surface area contributed by atoms with Gasteiger partial charge in [0.15, 0.2) is 0 Å². The molecule has 1 aliphatic rings. The summed E-state index contributed by atoms with van der Waals surface area (Å²) in [6.07, 6.45) is 1.26. The maximum atomic E-state index is 12.6. The summed E-state index contributed by atoms with van der Waals surface area (Å²) in [7, 11) is 0. The first-order valence-corrected chi connectivity index (χ1v) is 9.22. The molecule has 0 aliphatic carbocycles. The fourth-order valence-electron chi connectivity index (χ4n) is 2.92. The van der Waals surface area contributed by atoms with E-state index in [2.05, 4.69) is 10.6 Å². The highest BCUT2D eigenvalue weighted by Crippen LogP contribution is 2.20. The van der Waals surface area contributed by atoms with Gasteiger partial charge in [0.25, 0.3) is 0 Å². The Balaban J connectivity index is 2.61. The molecule has 0 spiro atoms. The fraction of sp³-hybridized carbons (Fsp3) is 0.706. The van der Waals surface area contributed by atoms with Crippen molar-refractivity contribution >= 4 is 29.6 Å². The zero-order valence-electron chi connectivity index (χ0n) is 16.1. The number of rotatable bonds is 10. The Morgan fingerprint density at radius 1 is 1.25 bits per heavy atom. The molecule has 1 fully saturated rings. The molecule has 4 atom stereocenters. The molecular weight excluding hydrogens is 370 g/mol. The van der Waals surface area contributed by atoms with Crippen LogP contribution >= 0.6 is 0 Å². The molecule has 0 aromatic rings. The van der Waals surface area contributed by atoms with Crippen LogP contribution in [0.2, 0.25) is 0 Å². The second kappa shape index (κ2) is 10.6. The normalized spacial score (nSPS) is 19.4. The van der Waals surface area contributed by atoms with Gasteiger partial charge in [0.1, 0.15) is 12.1 Å². The summed E-state index contributed by atoms with van der Waals surface area (Å²) in [4.78, 5) is 60.1. The number of carbonyl (C=O) groups excluding carboxylic acids is 4. The van der Waals surface area contributed by atoms with Crippen LogP contribution in [-0.2, 0) is 24.0 Å². The van der Waals surface area contributed by atoms with Crippen LogP contribution < -0.4 is 22.1 Å². The van der Waals surface area contributed by atoms with Crippen LogP contribution in [0.1, 0.15) is 39.5 Å². The van der Waals surface area contributed by atoms with Crippen molar-refractivity contribution in [3.8, 4) is 0 Å². The number of nitrogens with zero attached hydrogens (tertiary/aromatic N) is 1. The Hall–Kier alpha value is -2.69. The van der Waals surface area contributed by atoms with Crippen LogP contribution in [-0.4, -0.2) is 70.8 Å². The number of likely N-dealkylation sites (tertiary alicyclic amines) is 1. The molecule has 28 heavy (non-hydrogen) atoms. The number of aliphatic carboxylic acids is 1. The van der Waals surface area contributed by atoms with Crippen LogP contribution in [0.3, 0.4) is 0 Å². The summed E-state index contributed by atoms with van der Waals surface area (Å²) in [5.74, 6) is -3.92. The Labute approximate surface area is 163 Å². The number of hydrogen-bond acceptors (Lipinski definition) is 6. The molecule has 0 aromatic carbocycles. The van der Waals surface area contributed by atoms with E-state index in [0.717, 1.165) is 6.42 Å². The average Bonchev–Trinajstić information content (AvgIpc) is 3.13. The van der Waals surface area contributed by atoms with Crippen molar-refractivity contribution in [3.63, 3.8) is 0 Å². The van der Waals surface area contributed by atoms with E-state index in [1.165, 1.54) is 4.90 Å². The van der Waals surface area contributed by atoms with Gasteiger partial charge in [-0.05, 0) is 18.8 Å². The maximum Gasteiger partial charge on any atom is 0.326 e. The molecule has 1 saturated heterocycles. The highest BCUT2D eigenvalue weighted by Gasteiger charge is 2.37. The third-order valence-corrected chi connectivity index (χ3v) is 4.84. The topological polar surface area (TPSA) is 185 Å². The standard InChI is InChI=1S/C17H29N5O6/c1-3-9(2)14(19)16(26)22-6-4-5-11(22)15(25)20-8-13(24)21-10(17(27)28)7-12(18)23/h9-11,14H,3-8,19H2,1-2H3,(H2,18,23)(H,20,25)(H,21,24)(H,27,28). The van der Waals surface area contributed by atoms with Crippen LogP contribution in [0.5, 0.6) is 0 Å². The van der Waals surface area contributed by atoms with Gasteiger partial charge in [0.2, 0.25) is 23.6 Å². The minimum absolute atomic E-state index is 0.0270. The molecular formula is C17H29N5O6. The lowest BCUT2D eigenvalue weighted by Crippen LogP contribution is -2.54. The van der Waals surface area contributed by atoms with Crippen molar-refractivity contribution < 1.29 is 29.1 Å². The smallest absolute Gasteiger partial charge is 0.326 e. The molecule has 0 saturated carbocycles. The minimum atomic E-state index is -1.47. The molecule has 1 heterocycles. The molecule has 0 radical (unpaired) electrons. The number of hydrogen-bond donors (Lipinski definition) is 5. The summed E-state index contributed by atoms with van der Waals surface area (Å²) in [5.41, 5.74) is 10.9. The molecule has 0 bridgehead atoms. The second-order valence-electron chi connectivity index (χ2n) is 6.95. The first kappa shape index (κ1) is 23.3. The SMILES string of the molecule is CCC(C)C(N)C(=O)N1CCCC1C(=O)NCC(=O)NC(CC(N)=O)C(=O)O. The van der Waals surface area contributed by atoms with E-state index in [9.17, 15) is 24.0 Å². The number of carbonyl (C=O) groups is 5. The predicted octanol–water partition coefficient (Wildman–Crippen LogP) is -2.09. The van der Waals surface area contributed by atoms with Gasteiger partial charge in [-0.25, -0.2) is 4.79 Å². The van der Waals surface area contributed by atoms with Crippen molar-refractivity contribution in [2.45, 2.75) is 57.7 Å². The fourth-order valence-corrected chi connectivity index (χ4v) is 2.92. The van der Waals surface area contributed by atoms with E-state index in [1.807, 2.05) is 13.8 Å². The van der Waals surface area contributed by atoms with Crippen LogP contribution in [0, 0.1) is 5.92 Å². The number of nitrogens with one attached hydrogen (secondary N) is 2. The lowest BCUT2D eigenvalue weighted by atomic mass is 9.98. The minimum Gasteiger partial charge on any atom is -0.480 e. The number of nitrogens with two attached hydrogens (primary N) is 2. The molecule has 11 nitrogen and oxygen atoms in total. The number of amides is 4. The van der Waals surface area contributed by atoms with Gasteiger partial charge < -0.3 is 32.1 Å². The van der Waals surface area contributed by atoms with Crippen molar-refractivity contribution in [3.05, 3.63) is 0 Å². The van der Waals surface area contributed by atoms with Gasteiger partial charge >= 0.3 is 5.97 Å². The third-order valence-electron chi connectivity index (χ3n) is 4.84. The molecule has 158 valence electrons. The second-order valence-corrected chi connectivity index (χ2v) is 6.95. The van der Waals surface area contributed by atoms with Gasteiger partial charge in [-0.15, -0.1) is 0 Å². The molecule has 0 aromatic heterocycles. The zero-order chi connectivity index (χ0) is 21.4. The van der Waals surface area contributed by atoms with E-state index in [-0.39, 0.29) is 11.8 Å². The molecule has 11 heteroatoms. The Morgan fingerprint density at radius 3 is 2.43 bits per heavy atom. The molecule has 1 aliphatic heterocycles. The Morgan fingerprint density at radius 2 is 1.89 bits per heavy atom. The third kappa shape index (κ3) is 6.48.